The summed E-state index contributed by atoms with van der Waals surface area (Å²) in [6, 6.07) is 5.24. The van der Waals surface area contributed by atoms with Gasteiger partial charge in [0, 0.05) is 24.8 Å². The van der Waals surface area contributed by atoms with Crippen molar-refractivity contribution in [1.29, 1.82) is 0 Å². The van der Waals surface area contributed by atoms with Gasteiger partial charge in [0.05, 0.1) is 6.61 Å². The number of ether oxygens (including phenoxy) is 1. The molecule has 1 N–H and O–H groups in total. The molecule has 1 aliphatic heterocycles. The third-order valence-corrected chi connectivity index (χ3v) is 3.36. The molecule has 18 heavy (non-hydrogen) atoms. The maximum Gasteiger partial charge on any atom is 0.167 e. The number of benzene rings is 1. The third-order valence-electron chi connectivity index (χ3n) is 3.36. The Morgan fingerprint density at radius 3 is 3.00 bits per heavy atom. The summed E-state index contributed by atoms with van der Waals surface area (Å²) in [6.45, 7) is 5.37. The number of hydrogen-bond acceptors (Lipinski definition) is 3. The van der Waals surface area contributed by atoms with Crippen LogP contribution in [0.2, 0.25) is 0 Å². The van der Waals surface area contributed by atoms with E-state index in [0.717, 1.165) is 31.7 Å². The van der Waals surface area contributed by atoms with Crippen LogP contribution in [0.15, 0.2) is 18.2 Å². The fourth-order valence-corrected chi connectivity index (χ4v) is 2.48. The van der Waals surface area contributed by atoms with E-state index in [4.69, 9.17) is 4.74 Å². The molecule has 0 amide bonds. The third kappa shape index (κ3) is 2.93. The fourth-order valence-electron chi connectivity index (χ4n) is 2.48. The number of halogens is 1. The monoisotopic (exact) mass is 252 g/mol. The molecule has 2 rings (SSSR count). The van der Waals surface area contributed by atoms with Gasteiger partial charge in [0.25, 0.3) is 0 Å². The summed E-state index contributed by atoms with van der Waals surface area (Å²) >= 11 is 0. The van der Waals surface area contributed by atoms with Crippen LogP contribution in [0.5, 0.6) is 5.75 Å². The first-order valence-electron chi connectivity index (χ1n) is 6.56. The van der Waals surface area contributed by atoms with E-state index in [1.165, 1.54) is 0 Å². The second kappa shape index (κ2) is 6.05. The average molecular weight is 252 g/mol. The molecular formula is C14H21FN2O. The van der Waals surface area contributed by atoms with Crippen molar-refractivity contribution in [2.24, 2.45) is 5.92 Å². The first-order valence-corrected chi connectivity index (χ1v) is 6.56. The molecule has 1 unspecified atom stereocenters. The van der Waals surface area contributed by atoms with Gasteiger partial charge in [-0.2, -0.15) is 0 Å². The highest BCUT2D eigenvalue weighted by Crippen LogP contribution is 2.27. The summed E-state index contributed by atoms with van der Waals surface area (Å²) in [5.74, 6) is 0.725. The highest BCUT2D eigenvalue weighted by molar-refractivity contribution is 5.50. The maximum absolute atomic E-state index is 13.8. The molecule has 1 aliphatic rings. The Morgan fingerprint density at radius 2 is 2.33 bits per heavy atom. The normalized spacial score (nSPS) is 19.3. The van der Waals surface area contributed by atoms with Gasteiger partial charge in [0.1, 0.15) is 0 Å². The summed E-state index contributed by atoms with van der Waals surface area (Å²) < 4.78 is 19.0. The van der Waals surface area contributed by atoms with Gasteiger partial charge in [-0.1, -0.05) is 0 Å². The SMILES string of the molecule is CCOc1ccc(N2CCC(CNC)C2)cc1F. The van der Waals surface area contributed by atoms with Gasteiger partial charge in [-0.3, -0.25) is 0 Å². The number of nitrogens with one attached hydrogen (secondary N) is 1. The summed E-state index contributed by atoms with van der Waals surface area (Å²) in [5, 5.41) is 3.20. The minimum atomic E-state index is -0.272. The van der Waals surface area contributed by atoms with Crippen molar-refractivity contribution in [3.8, 4) is 5.75 Å². The van der Waals surface area contributed by atoms with Crippen LogP contribution in [0.4, 0.5) is 10.1 Å². The number of nitrogens with zero attached hydrogens (tertiary/aromatic N) is 1. The Kier molecular flexibility index (Phi) is 4.42. The van der Waals surface area contributed by atoms with Crippen LogP contribution in [-0.2, 0) is 0 Å². The summed E-state index contributed by atoms with van der Waals surface area (Å²) in [6.07, 6.45) is 1.16. The highest BCUT2D eigenvalue weighted by atomic mass is 19.1. The quantitative estimate of drug-likeness (QED) is 0.870. The Hall–Kier alpha value is -1.29. The summed E-state index contributed by atoms with van der Waals surface area (Å²) in [4.78, 5) is 2.24. The fraction of sp³-hybridized carbons (Fsp3) is 0.571. The van der Waals surface area contributed by atoms with E-state index in [1.54, 1.807) is 12.1 Å². The lowest BCUT2D eigenvalue weighted by atomic mass is 10.1. The van der Waals surface area contributed by atoms with Gasteiger partial charge in [-0.25, -0.2) is 4.39 Å². The van der Waals surface area contributed by atoms with E-state index in [2.05, 4.69) is 10.2 Å². The lowest BCUT2D eigenvalue weighted by molar-refractivity contribution is 0.321. The van der Waals surface area contributed by atoms with Gasteiger partial charge in [-0.15, -0.1) is 0 Å². The molecular weight excluding hydrogens is 231 g/mol. The predicted octanol–water partition coefficient (Wildman–Crippen LogP) is 2.27. The molecule has 3 nitrogen and oxygen atoms in total. The first-order chi connectivity index (χ1) is 8.74. The Balaban J connectivity index is 2.04. The van der Waals surface area contributed by atoms with Crippen LogP contribution in [0.1, 0.15) is 13.3 Å². The standard InChI is InChI=1S/C14H21FN2O/c1-3-18-14-5-4-12(8-13(14)15)17-7-6-11(10-17)9-16-2/h4-5,8,11,16H,3,6-7,9-10H2,1-2H3. The number of anilines is 1. The molecule has 4 heteroatoms. The first kappa shape index (κ1) is 13.1. The van der Waals surface area contributed by atoms with Crippen molar-refractivity contribution in [3.63, 3.8) is 0 Å². The molecule has 1 heterocycles. The van der Waals surface area contributed by atoms with E-state index in [-0.39, 0.29) is 5.82 Å². The van der Waals surface area contributed by atoms with Gasteiger partial charge in [0.15, 0.2) is 11.6 Å². The maximum atomic E-state index is 13.8. The molecule has 1 atom stereocenters. The average Bonchev–Trinajstić information content (AvgIpc) is 2.81. The van der Waals surface area contributed by atoms with Crippen molar-refractivity contribution in [1.82, 2.24) is 5.32 Å². The van der Waals surface area contributed by atoms with Gasteiger partial charge in [-0.05, 0) is 45.0 Å². The minimum absolute atomic E-state index is 0.272. The summed E-state index contributed by atoms with van der Waals surface area (Å²) in [5.41, 5.74) is 0.953. The van der Waals surface area contributed by atoms with E-state index in [9.17, 15) is 4.39 Å². The van der Waals surface area contributed by atoms with Gasteiger partial charge in [0.2, 0.25) is 0 Å². The van der Waals surface area contributed by atoms with E-state index < -0.39 is 0 Å². The molecule has 100 valence electrons. The summed E-state index contributed by atoms with van der Waals surface area (Å²) in [7, 11) is 1.97. The van der Waals surface area contributed by atoms with Gasteiger partial charge < -0.3 is 15.0 Å². The zero-order chi connectivity index (χ0) is 13.0. The van der Waals surface area contributed by atoms with Crippen molar-refractivity contribution in [2.75, 3.05) is 38.2 Å². The van der Waals surface area contributed by atoms with Crippen molar-refractivity contribution < 1.29 is 9.13 Å². The molecule has 1 saturated heterocycles. The van der Waals surface area contributed by atoms with E-state index >= 15 is 0 Å². The Labute approximate surface area is 108 Å². The van der Waals surface area contributed by atoms with Crippen LogP contribution >= 0.6 is 0 Å². The van der Waals surface area contributed by atoms with Crippen LogP contribution in [0.25, 0.3) is 0 Å². The molecule has 1 fully saturated rings. The van der Waals surface area contributed by atoms with Gasteiger partial charge >= 0.3 is 0 Å². The molecule has 0 spiro atoms. The second-order valence-electron chi connectivity index (χ2n) is 4.71. The van der Waals surface area contributed by atoms with Crippen molar-refractivity contribution in [2.45, 2.75) is 13.3 Å². The number of rotatable bonds is 5. The molecule has 1 aromatic carbocycles. The van der Waals surface area contributed by atoms with Crippen LogP contribution < -0.4 is 15.0 Å². The largest absolute Gasteiger partial charge is 0.491 e. The zero-order valence-corrected chi connectivity index (χ0v) is 11.1. The molecule has 0 bridgehead atoms. The molecule has 0 saturated carbocycles. The molecule has 1 aromatic rings. The lowest BCUT2D eigenvalue weighted by Crippen LogP contribution is -2.24. The topological polar surface area (TPSA) is 24.5 Å². The minimum Gasteiger partial charge on any atom is -0.491 e. The Bertz CT molecular complexity index is 397. The second-order valence-corrected chi connectivity index (χ2v) is 4.71. The predicted molar refractivity (Wildman–Crippen MR) is 71.8 cm³/mol. The molecule has 0 radical (unpaired) electrons. The van der Waals surface area contributed by atoms with E-state index in [1.807, 2.05) is 20.0 Å². The zero-order valence-electron chi connectivity index (χ0n) is 11.1. The highest BCUT2D eigenvalue weighted by Gasteiger charge is 2.22. The smallest absolute Gasteiger partial charge is 0.167 e. The molecule has 0 aliphatic carbocycles. The Morgan fingerprint density at radius 1 is 1.50 bits per heavy atom. The van der Waals surface area contributed by atoms with Crippen LogP contribution in [-0.4, -0.2) is 33.3 Å². The van der Waals surface area contributed by atoms with E-state index in [0.29, 0.717) is 18.3 Å². The molecule has 0 aromatic heterocycles. The van der Waals surface area contributed by atoms with Crippen molar-refractivity contribution >= 4 is 5.69 Å². The lowest BCUT2D eigenvalue weighted by Gasteiger charge is -2.19. The van der Waals surface area contributed by atoms with Crippen molar-refractivity contribution in [3.05, 3.63) is 24.0 Å². The van der Waals surface area contributed by atoms with Crippen LogP contribution in [0, 0.1) is 11.7 Å². The number of hydrogen-bond donors (Lipinski definition) is 1. The van der Waals surface area contributed by atoms with Crippen LogP contribution in [0.3, 0.4) is 0 Å².